The lowest BCUT2D eigenvalue weighted by atomic mass is 10.0. The number of halogens is 2. The van der Waals surface area contributed by atoms with Crippen LogP contribution in [0, 0.1) is 13.8 Å². The third-order valence-corrected chi connectivity index (χ3v) is 8.53. The zero-order valence-corrected chi connectivity index (χ0v) is 24.5. The van der Waals surface area contributed by atoms with Crippen LogP contribution in [0.1, 0.15) is 58.2 Å². The van der Waals surface area contributed by atoms with Gasteiger partial charge in [0, 0.05) is 44.1 Å². The first-order valence-electron chi connectivity index (χ1n) is 13.9. The van der Waals surface area contributed by atoms with E-state index in [9.17, 15) is 9.59 Å². The largest absolute Gasteiger partial charge is 0.348 e. The Hall–Kier alpha value is -2.91. The van der Waals surface area contributed by atoms with E-state index in [4.69, 9.17) is 23.2 Å². The van der Waals surface area contributed by atoms with Crippen LogP contribution in [0.25, 0.3) is 0 Å². The molecule has 2 aliphatic heterocycles. The lowest BCUT2D eigenvalue weighted by Gasteiger charge is -2.42. The molecular weight excluding hydrogens is 547 g/mol. The van der Waals surface area contributed by atoms with Gasteiger partial charge in [0.1, 0.15) is 5.82 Å². The lowest BCUT2D eigenvalue weighted by molar-refractivity contribution is -0.135. The highest BCUT2D eigenvalue weighted by Gasteiger charge is 2.35. The molecule has 2 aromatic carbocycles. The van der Waals surface area contributed by atoms with Crippen molar-refractivity contribution >= 4 is 35.0 Å². The van der Waals surface area contributed by atoms with Crippen LogP contribution in [0.5, 0.6) is 0 Å². The predicted octanol–water partition coefficient (Wildman–Crippen LogP) is 4.96. The number of H-pyrrole nitrogens is 1. The van der Waals surface area contributed by atoms with Crippen LogP contribution in [-0.2, 0) is 11.3 Å². The van der Waals surface area contributed by atoms with Crippen molar-refractivity contribution in [1.29, 1.82) is 0 Å². The highest BCUT2D eigenvalue weighted by Crippen LogP contribution is 2.31. The topological polar surface area (TPSA) is 84.6 Å². The third kappa shape index (κ3) is 6.69. The number of piperidine rings is 1. The molecule has 0 aliphatic carbocycles. The number of amides is 2. The summed E-state index contributed by atoms with van der Waals surface area (Å²) < 4.78 is 0. The van der Waals surface area contributed by atoms with Crippen molar-refractivity contribution in [2.75, 3.05) is 32.7 Å². The van der Waals surface area contributed by atoms with Crippen molar-refractivity contribution in [3.05, 3.63) is 86.9 Å². The molecule has 2 amide bonds. The Kier molecular flexibility index (Phi) is 9.10. The predicted molar refractivity (Wildman–Crippen MR) is 157 cm³/mol. The third-order valence-electron chi connectivity index (χ3n) is 7.80. The van der Waals surface area contributed by atoms with E-state index in [1.165, 1.54) is 0 Å². The first kappa shape index (κ1) is 28.6. The lowest BCUT2D eigenvalue weighted by Crippen LogP contribution is -2.56. The fourth-order valence-corrected chi connectivity index (χ4v) is 6.15. The second kappa shape index (κ2) is 12.7. The summed E-state index contributed by atoms with van der Waals surface area (Å²) in [5.41, 5.74) is 3.62. The quantitative estimate of drug-likeness (QED) is 0.411. The Morgan fingerprint density at radius 3 is 2.55 bits per heavy atom. The van der Waals surface area contributed by atoms with Gasteiger partial charge in [0.25, 0.3) is 5.91 Å². The standard InChI is InChI=1S/C30H36Cl2N6O2/c1-20-13-21(2)15-23(14-20)30(40)37-11-12-38(26(18-37)22-6-7-24(31)25(32)16-22)29(39)17-35-28-5-3-4-10-36(28)19-27-33-8-9-34-27/h6-9,13-16,26,28,35H,3-5,10-12,17-19H2,1-2H3,(H,33,34). The van der Waals surface area contributed by atoms with Crippen molar-refractivity contribution in [3.63, 3.8) is 0 Å². The van der Waals surface area contributed by atoms with Gasteiger partial charge >= 0.3 is 0 Å². The number of aromatic nitrogens is 2. The average Bonchev–Trinajstić information content (AvgIpc) is 3.46. The molecule has 1 aromatic heterocycles. The zero-order chi connectivity index (χ0) is 28.2. The number of likely N-dealkylation sites (tertiary alicyclic amines) is 1. The van der Waals surface area contributed by atoms with E-state index in [0.717, 1.165) is 48.3 Å². The molecule has 0 radical (unpaired) electrons. The number of rotatable bonds is 7. The minimum absolute atomic E-state index is 0.00177. The normalized spacial score (nSPS) is 20.1. The maximum atomic E-state index is 13.7. The summed E-state index contributed by atoms with van der Waals surface area (Å²) in [7, 11) is 0. The van der Waals surface area contributed by atoms with Crippen LogP contribution in [0.15, 0.2) is 48.8 Å². The van der Waals surface area contributed by atoms with Gasteiger partial charge in [-0.1, -0.05) is 46.5 Å². The van der Waals surface area contributed by atoms with E-state index in [0.29, 0.717) is 41.8 Å². The molecule has 0 saturated carbocycles. The number of aromatic amines is 1. The van der Waals surface area contributed by atoms with Gasteiger partial charge < -0.3 is 14.8 Å². The Labute approximate surface area is 245 Å². The maximum Gasteiger partial charge on any atom is 0.254 e. The Bertz CT molecular complexity index is 1330. The molecule has 212 valence electrons. The van der Waals surface area contributed by atoms with E-state index in [-0.39, 0.29) is 30.6 Å². The van der Waals surface area contributed by atoms with E-state index in [1.54, 1.807) is 18.3 Å². The summed E-state index contributed by atoms with van der Waals surface area (Å²) in [4.78, 5) is 40.8. The summed E-state index contributed by atoms with van der Waals surface area (Å²) in [6.45, 7) is 7.14. The fraction of sp³-hybridized carbons (Fsp3) is 0.433. The monoisotopic (exact) mass is 582 g/mol. The number of imidazole rings is 1. The number of nitrogens with zero attached hydrogens (tertiary/aromatic N) is 4. The molecule has 40 heavy (non-hydrogen) atoms. The second-order valence-electron chi connectivity index (χ2n) is 10.8. The van der Waals surface area contributed by atoms with E-state index in [1.807, 2.05) is 48.0 Å². The molecule has 2 aliphatic rings. The number of nitrogens with one attached hydrogen (secondary N) is 2. The fourth-order valence-electron chi connectivity index (χ4n) is 5.85. The van der Waals surface area contributed by atoms with E-state index in [2.05, 4.69) is 26.3 Å². The molecular formula is C30H36Cl2N6O2. The molecule has 5 rings (SSSR count). The molecule has 2 N–H and O–H groups in total. The van der Waals surface area contributed by atoms with Crippen LogP contribution < -0.4 is 5.32 Å². The van der Waals surface area contributed by atoms with E-state index < -0.39 is 0 Å². The number of hydrogen-bond acceptors (Lipinski definition) is 5. The molecule has 2 atom stereocenters. The number of benzene rings is 2. The molecule has 3 heterocycles. The molecule has 2 fully saturated rings. The highest BCUT2D eigenvalue weighted by atomic mass is 35.5. The van der Waals surface area contributed by atoms with Gasteiger partial charge in [0.15, 0.2) is 0 Å². The summed E-state index contributed by atoms with van der Waals surface area (Å²) in [6, 6.07) is 11.0. The summed E-state index contributed by atoms with van der Waals surface area (Å²) >= 11 is 12.6. The molecule has 8 nitrogen and oxygen atoms in total. The van der Waals surface area contributed by atoms with Gasteiger partial charge in [-0.2, -0.15) is 0 Å². The van der Waals surface area contributed by atoms with Crippen LogP contribution in [0.2, 0.25) is 10.0 Å². The van der Waals surface area contributed by atoms with Crippen molar-refractivity contribution in [1.82, 2.24) is 30.0 Å². The van der Waals surface area contributed by atoms with Gasteiger partial charge in [-0.25, -0.2) is 4.98 Å². The number of piperazine rings is 1. The first-order chi connectivity index (χ1) is 19.3. The highest BCUT2D eigenvalue weighted by molar-refractivity contribution is 6.42. The minimum atomic E-state index is -0.335. The average molecular weight is 584 g/mol. The SMILES string of the molecule is Cc1cc(C)cc(C(=O)N2CCN(C(=O)CNC3CCCCN3Cc3ncc[nH]3)C(c3ccc(Cl)c(Cl)c3)C2)c1. The smallest absolute Gasteiger partial charge is 0.254 e. The van der Waals surface area contributed by atoms with Crippen molar-refractivity contribution in [3.8, 4) is 0 Å². The van der Waals surface area contributed by atoms with Gasteiger partial charge in [0.2, 0.25) is 5.91 Å². The van der Waals surface area contributed by atoms with Gasteiger partial charge in [-0.05, 0) is 62.9 Å². The molecule has 0 spiro atoms. The van der Waals surface area contributed by atoms with Gasteiger partial charge in [-0.15, -0.1) is 0 Å². The maximum absolute atomic E-state index is 13.7. The first-order valence-corrected chi connectivity index (χ1v) is 14.6. The van der Waals surface area contributed by atoms with Gasteiger partial charge in [-0.3, -0.25) is 19.8 Å². The van der Waals surface area contributed by atoms with Crippen LogP contribution in [0.3, 0.4) is 0 Å². The molecule has 10 heteroatoms. The molecule has 2 saturated heterocycles. The minimum Gasteiger partial charge on any atom is -0.348 e. The summed E-state index contributed by atoms with van der Waals surface area (Å²) in [5.74, 6) is 0.889. The van der Waals surface area contributed by atoms with Crippen LogP contribution >= 0.6 is 23.2 Å². The second-order valence-corrected chi connectivity index (χ2v) is 11.6. The van der Waals surface area contributed by atoms with Gasteiger partial charge in [0.05, 0.1) is 35.3 Å². The Balaban J connectivity index is 1.31. The number of carbonyl (C=O) groups excluding carboxylic acids is 2. The van der Waals surface area contributed by atoms with Crippen molar-refractivity contribution < 1.29 is 9.59 Å². The van der Waals surface area contributed by atoms with E-state index >= 15 is 0 Å². The molecule has 2 unspecified atom stereocenters. The van der Waals surface area contributed by atoms with Crippen molar-refractivity contribution in [2.24, 2.45) is 0 Å². The number of carbonyl (C=O) groups is 2. The van der Waals surface area contributed by atoms with Crippen LogP contribution in [0.4, 0.5) is 0 Å². The molecule has 3 aromatic rings. The Morgan fingerprint density at radius 1 is 1.02 bits per heavy atom. The zero-order valence-electron chi connectivity index (χ0n) is 23.0. The van der Waals surface area contributed by atoms with Crippen LogP contribution in [-0.4, -0.2) is 75.4 Å². The molecule has 0 bridgehead atoms. The summed E-state index contributed by atoms with van der Waals surface area (Å²) in [6.07, 6.45) is 6.91. The number of aryl methyl sites for hydroxylation is 2. The number of hydrogen-bond donors (Lipinski definition) is 2. The Morgan fingerprint density at radius 2 is 1.82 bits per heavy atom. The van der Waals surface area contributed by atoms with Crippen molar-refractivity contribution in [2.45, 2.75) is 51.9 Å². The summed E-state index contributed by atoms with van der Waals surface area (Å²) in [5, 5.41) is 4.40.